The van der Waals surface area contributed by atoms with Gasteiger partial charge in [-0.15, -0.1) is 11.8 Å². The van der Waals surface area contributed by atoms with Crippen molar-refractivity contribution in [1.29, 1.82) is 0 Å². The molecule has 0 spiro atoms. The summed E-state index contributed by atoms with van der Waals surface area (Å²) in [6.07, 6.45) is 1.86. The molecule has 12 heteroatoms. The average Bonchev–Trinajstić information content (AvgIpc) is 3.51. The Labute approximate surface area is 273 Å². The second-order valence-corrected chi connectivity index (χ2v) is 13.7. The molecule has 0 saturated carbocycles. The number of benzene rings is 2. The van der Waals surface area contributed by atoms with Gasteiger partial charge >= 0.3 is 0 Å². The quantitative estimate of drug-likeness (QED) is 0.234. The third-order valence-corrected chi connectivity index (χ3v) is 8.50. The number of aliphatic hydroxyl groups is 1. The molecule has 4 amide bonds. The van der Waals surface area contributed by atoms with Crippen molar-refractivity contribution >= 4 is 46.2 Å². The summed E-state index contributed by atoms with van der Waals surface area (Å²) in [5.41, 5.74) is 0.302. The molecule has 0 bridgehead atoms. The molecule has 246 valence electrons. The maximum Gasteiger partial charge on any atom is 0.258 e. The fourth-order valence-corrected chi connectivity index (χ4v) is 6.33. The number of aliphatic hydroxyl groups excluding tert-OH is 1. The highest BCUT2D eigenvalue weighted by Gasteiger charge is 2.41. The number of thioether (sulfide) groups is 1. The Bertz CT molecular complexity index is 1520. The summed E-state index contributed by atoms with van der Waals surface area (Å²) in [7, 11) is 0. The highest BCUT2D eigenvalue weighted by atomic mass is 32.2. The first-order chi connectivity index (χ1) is 21.8. The highest BCUT2D eigenvalue weighted by molar-refractivity contribution is 7.99. The summed E-state index contributed by atoms with van der Waals surface area (Å²) >= 11 is 1.42. The zero-order chi connectivity index (χ0) is 33.4. The number of aromatic nitrogens is 1. The van der Waals surface area contributed by atoms with Crippen LogP contribution in [0.25, 0.3) is 10.8 Å². The summed E-state index contributed by atoms with van der Waals surface area (Å²) in [6, 6.07) is 13.7. The van der Waals surface area contributed by atoms with Gasteiger partial charge in [-0.2, -0.15) is 0 Å². The minimum Gasteiger partial charge on any atom is -0.483 e. The van der Waals surface area contributed by atoms with Crippen molar-refractivity contribution in [2.24, 2.45) is 5.92 Å². The van der Waals surface area contributed by atoms with Crippen LogP contribution >= 0.6 is 11.8 Å². The monoisotopic (exact) mass is 649 g/mol. The van der Waals surface area contributed by atoms with E-state index in [0.29, 0.717) is 11.5 Å². The minimum atomic E-state index is -1.64. The molecule has 4 rings (SSSR count). The first-order valence-corrected chi connectivity index (χ1v) is 16.5. The normalized spacial score (nSPS) is 16.8. The van der Waals surface area contributed by atoms with Crippen molar-refractivity contribution in [3.63, 3.8) is 0 Å². The SMILES string of the molecule is CC(C)C(NC(=O)COc1cccc2cnccc12)C(=O)NC(Cc1ccccc1)C(O)C(=O)N1CSCC1C(=O)NC(C)(C)C. The summed E-state index contributed by atoms with van der Waals surface area (Å²) in [4.78, 5) is 58.8. The van der Waals surface area contributed by atoms with Crippen LogP contribution in [-0.4, -0.2) is 86.6 Å². The number of carbonyl (C=O) groups excluding carboxylic acids is 4. The second kappa shape index (κ2) is 15.4. The first-order valence-electron chi connectivity index (χ1n) is 15.3. The third kappa shape index (κ3) is 9.20. The van der Waals surface area contributed by atoms with Crippen molar-refractivity contribution in [3.8, 4) is 5.75 Å². The van der Waals surface area contributed by atoms with E-state index in [2.05, 4.69) is 20.9 Å². The van der Waals surface area contributed by atoms with Crippen molar-refractivity contribution in [3.05, 3.63) is 72.6 Å². The Balaban J connectivity index is 1.47. The number of hydrogen-bond donors (Lipinski definition) is 4. The van der Waals surface area contributed by atoms with Crippen molar-refractivity contribution in [2.75, 3.05) is 18.2 Å². The Morgan fingerprint density at radius 3 is 2.48 bits per heavy atom. The van der Waals surface area contributed by atoms with E-state index in [-0.39, 0.29) is 30.7 Å². The molecular formula is C34H43N5O6S. The van der Waals surface area contributed by atoms with Gasteiger partial charge in [-0.25, -0.2) is 0 Å². The molecule has 4 atom stereocenters. The number of nitrogens with one attached hydrogen (secondary N) is 3. The number of rotatable bonds is 12. The van der Waals surface area contributed by atoms with Gasteiger partial charge in [-0.1, -0.05) is 56.3 Å². The zero-order valence-corrected chi connectivity index (χ0v) is 27.7. The van der Waals surface area contributed by atoms with E-state index in [9.17, 15) is 24.3 Å². The molecule has 2 aromatic carbocycles. The van der Waals surface area contributed by atoms with Gasteiger partial charge in [0.05, 0.1) is 11.9 Å². The molecular weight excluding hydrogens is 606 g/mol. The summed E-state index contributed by atoms with van der Waals surface area (Å²) in [5, 5.41) is 21.6. The molecule has 3 aromatic rings. The van der Waals surface area contributed by atoms with E-state index in [1.54, 1.807) is 44.4 Å². The second-order valence-electron chi connectivity index (χ2n) is 12.7. The molecule has 2 heterocycles. The lowest BCUT2D eigenvalue weighted by atomic mass is 9.97. The molecule has 0 aliphatic carbocycles. The topological polar surface area (TPSA) is 150 Å². The van der Waals surface area contributed by atoms with Crippen LogP contribution in [0.2, 0.25) is 0 Å². The van der Waals surface area contributed by atoms with E-state index in [1.807, 2.05) is 57.2 Å². The molecule has 1 aliphatic heterocycles. The number of fused-ring (bicyclic) bond motifs is 1. The lowest BCUT2D eigenvalue weighted by Crippen LogP contribution is -2.60. The van der Waals surface area contributed by atoms with Crippen molar-refractivity contribution in [1.82, 2.24) is 25.8 Å². The van der Waals surface area contributed by atoms with Crippen LogP contribution in [0.1, 0.15) is 40.2 Å². The largest absolute Gasteiger partial charge is 0.483 e. The van der Waals surface area contributed by atoms with Gasteiger partial charge in [-0.05, 0) is 50.8 Å². The van der Waals surface area contributed by atoms with E-state index < -0.39 is 47.5 Å². The fourth-order valence-electron chi connectivity index (χ4n) is 5.17. The molecule has 11 nitrogen and oxygen atoms in total. The lowest BCUT2D eigenvalue weighted by Gasteiger charge is -2.32. The van der Waals surface area contributed by atoms with Crippen LogP contribution in [0.5, 0.6) is 5.75 Å². The number of nitrogens with zero attached hydrogens (tertiary/aromatic N) is 2. The summed E-state index contributed by atoms with van der Waals surface area (Å²) in [5.74, 6) is -1.17. The van der Waals surface area contributed by atoms with E-state index >= 15 is 0 Å². The van der Waals surface area contributed by atoms with E-state index in [0.717, 1.165) is 16.3 Å². The molecule has 1 aromatic heterocycles. The van der Waals surface area contributed by atoms with Gasteiger partial charge < -0.3 is 30.7 Å². The van der Waals surface area contributed by atoms with Crippen molar-refractivity contribution in [2.45, 2.75) is 70.8 Å². The molecule has 1 saturated heterocycles. The van der Waals surface area contributed by atoms with Crippen molar-refractivity contribution < 1.29 is 29.0 Å². The van der Waals surface area contributed by atoms with E-state index in [4.69, 9.17) is 4.74 Å². The zero-order valence-electron chi connectivity index (χ0n) is 26.9. The Morgan fingerprint density at radius 1 is 1.04 bits per heavy atom. The van der Waals surface area contributed by atoms with Crippen LogP contribution in [0, 0.1) is 5.92 Å². The predicted octanol–water partition coefficient (Wildman–Crippen LogP) is 2.66. The highest BCUT2D eigenvalue weighted by Crippen LogP contribution is 2.25. The molecule has 46 heavy (non-hydrogen) atoms. The smallest absolute Gasteiger partial charge is 0.258 e. The Hall–Kier alpha value is -4.16. The van der Waals surface area contributed by atoms with Crippen LogP contribution in [0.3, 0.4) is 0 Å². The minimum absolute atomic E-state index is 0.150. The molecule has 0 radical (unpaired) electrons. The third-order valence-electron chi connectivity index (χ3n) is 7.49. The number of ether oxygens (including phenoxy) is 1. The van der Waals surface area contributed by atoms with Crippen LogP contribution < -0.4 is 20.7 Å². The van der Waals surface area contributed by atoms with Gasteiger partial charge in [0.2, 0.25) is 11.8 Å². The summed E-state index contributed by atoms with van der Waals surface area (Å²) < 4.78 is 5.79. The number of hydrogen-bond acceptors (Lipinski definition) is 8. The average molecular weight is 650 g/mol. The number of pyridine rings is 1. The van der Waals surface area contributed by atoms with Gasteiger partial charge in [0.15, 0.2) is 12.7 Å². The molecule has 1 fully saturated rings. The van der Waals surface area contributed by atoms with Crippen LogP contribution in [-0.2, 0) is 25.6 Å². The number of carbonyl (C=O) groups is 4. The Kier molecular flexibility index (Phi) is 11.6. The fraction of sp³-hybridized carbons (Fsp3) is 0.441. The number of amides is 4. The van der Waals surface area contributed by atoms with Crippen LogP contribution in [0.4, 0.5) is 0 Å². The van der Waals surface area contributed by atoms with E-state index in [1.165, 1.54) is 16.7 Å². The maximum absolute atomic E-state index is 13.7. The molecule has 4 N–H and O–H groups in total. The summed E-state index contributed by atoms with van der Waals surface area (Å²) in [6.45, 7) is 8.83. The Morgan fingerprint density at radius 2 is 1.78 bits per heavy atom. The predicted molar refractivity (Wildman–Crippen MR) is 178 cm³/mol. The standard InChI is InChI=1S/C34H43N5O6S/c1-21(2)29(37-28(40)18-45-27-13-9-12-23-17-35-15-14-24(23)27)32(43)36-25(16-22-10-7-6-8-11-22)30(41)33(44)39-20-46-19-26(39)31(42)38-34(3,4)5/h6-15,17,21,25-26,29-30,41H,16,18-20H2,1-5H3,(H,36,43)(H,37,40)(H,38,42). The van der Waals surface area contributed by atoms with Crippen LogP contribution in [0.15, 0.2) is 67.0 Å². The van der Waals surface area contributed by atoms with Gasteiger partial charge in [0, 0.05) is 34.5 Å². The van der Waals surface area contributed by atoms with Gasteiger partial charge in [-0.3, -0.25) is 24.2 Å². The molecule has 4 unspecified atom stereocenters. The lowest BCUT2D eigenvalue weighted by molar-refractivity contribution is -0.147. The van der Waals surface area contributed by atoms with Gasteiger partial charge in [0.1, 0.15) is 17.8 Å². The maximum atomic E-state index is 13.7. The first kappa shape index (κ1) is 34.7. The molecule has 1 aliphatic rings. The van der Waals surface area contributed by atoms with Gasteiger partial charge in [0.25, 0.3) is 11.8 Å².